The molecule has 4 fully saturated rings. The Morgan fingerprint density at radius 2 is 0.775 bits per heavy atom. The third kappa shape index (κ3) is 22.9. The normalized spacial score (nSPS) is 17.0. The predicted molar refractivity (Wildman–Crippen MR) is 534 cm³/mol. The van der Waals surface area contributed by atoms with Crippen LogP contribution in [0.5, 0.6) is 0 Å². The SMILES string of the molecule is CC(=O)c1nn(CC(=O)N2[C@H](C(=O)Nc3nc(Br)ccc3C)C[C@@]3(C)C[C@@H]23)c2c(C)cc(-c3cnc(C)[n+]([O-])c3)cc12.CC(=O)c1nn(CC(=O)O)c2c(C)cc(-c3cnc(C)[n+]([O-])c3)cc12.CC(=O)c1nn(CC(=O)OC(C)(C)C)c2c(C)cc(-c3cnc(C)[n+]([O-])c3)cc12.CC(=O)c1nn(CC(=O)OC(C)(C)C)c2c(C)cc(-c3cnc(C)nc3)cc12.Cc1ccc(Br)nc1NC(=O)[C@@H]1C[C@@]2(C)C[C@H]2N1. The topological polar surface area (TPSA) is 491 Å². The van der Waals surface area contributed by atoms with Gasteiger partial charge in [0.05, 0.1) is 44.8 Å². The van der Waals surface area contributed by atoms with E-state index >= 15 is 0 Å². The van der Waals surface area contributed by atoms with Gasteiger partial charge in [0.2, 0.25) is 17.7 Å². The fourth-order valence-electron chi connectivity index (χ4n) is 17.9. The van der Waals surface area contributed by atoms with Crippen LogP contribution in [0.3, 0.4) is 0 Å². The molecule has 0 radical (unpaired) electrons. The van der Waals surface area contributed by atoms with Crippen LogP contribution in [-0.2, 0) is 64.4 Å². The number of nitrogens with one attached hydrogen (secondary N) is 3. The van der Waals surface area contributed by atoms with Crippen molar-refractivity contribution in [1.29, 1.82) is 0 Å². The Kier molecular flexibility index (Phi) is 29.3. The van der Waals surface area contributed by atoms with Gasteiger partial charge >= 0.3 is 17.9 Å². The molecule has 2 saturated carbocycles. The molecule has 10 aromatic heterocycles. The van der Waals surface area contributed by atoms with Crippen LogP contribution in [0.25, 0.3) is 88.1 Å². The molecule has 2 saturated heterocycles. The lowest BCUT2D eigenvalue weighted by Crippen LogP contribution is -2.47. The number of esters is 2. The van der Waals surface area contributed by atoms with Gasteiger partial charge in [-0.1, -0.05) is 40.9 Å². The van der Waals surface area contributed by atoms with E-state index in [4.69, 9.17) is 14.6 Å². The number of hydrogen-bond donors (Lipinski definition) is 4. The summed E-state index contributed by atoms with van der Waals surface area (Å²) in [6.07, 6.45) is 16.1. The van der Waals surface area contributed by atoms with Crippen molar-refractivity contribution in [2.45, 2.75) is 240 Å². The fraction of sp³-hybridized carbons (Fsp3) is 0.373. The molecule has 2 aliphatic carbocycles. The average Bonchev–Trinajstić information content (AvgIpc) is 1.54. The number of likely N-dealkylation sites (tertiary alicyclic amines) is 1. The van der Waals surface area contributed by atoms with E-state index < -0.39 is 35.2 Å². The molecule has 0 unspecified atom stereocenters. The van der Waals surface area contributed by atoms with Gasteiger partial charge < -0.3 is 51.1 Å². The molecule has 4 aliphatic rings. The van der Waals surface area contributed by atoms with Crippen molar-refractivity contribution in [3.05, 3.63) is 227 Å². The van der Waals surface area contributed by atoms with Gasteiger partial charge in [0.15, 0.2) is 41.7 Å². The molecule has 6 atom stereocenters. The highest BCUT2D eigenvalue weighted by Crippen LogP contribution is 2.59. The first-order valence-electron chi connectivity index (χ1n) is 45.8. The lowest BCUT2D eigenvalue weighted by Gasteiger charge is -2.27. The summed E-state index contributed by atoms with van der Waals surface area (Å²) in [4.78, 5) is 155. The number of carboxylic acid groups (broad SMARTS) is 1. The van der Waals surface area contributed by atoms with Gasteiger partial charge in [-0.25, -0.2) is 34.1 Å². The van der Waals surface area contributed by atoms with Crippen LogP contribution >= 0.6 is 31.9 Å². The number of piperidine rings is 2. The largest absolute Gasteiger partial charge is 0.711 e. The average molecular weight is 2060 g/mol. The fourth-order valence-corrected chi connectivity index (χ4v) is 18.5. The number of ether oxygens (including phenoxy) is 2. The van der Waals surface area contributed by atoms with E-state index in [1.807, 2.05) is 118 Å². The van der Waals surface area contributed by atoms with Gasteiger partial charge in [0.1, 0.15) is 111 Å². The number of anilines is 2. The number of hydrogen-bond acceptors (Lipinski definition) is 27. The molecule has 18 rings (SSSR count). The predicted octanol–water partition coefficient (Wildman–Crippen LogP) is 14.4. The van der Waals surface area contributed by atoms with Gasteiger partial charge in [-0.3, -0.25) is 66.7 Å². The third-order valence-corrected chi connectivity index (χ3v) is 25.9. The number of Topliss-reactive ketones (excluding diaryl/α,β-unsaturated/α-hetero) is 4. The molecular formula is C102H110Br2N22O16. The summed E-state index contributed by atoms with van der Waals surface area (Å²) in [5.41, 5.74) is 13.5. The number of amides is 3. The summed E-state index contributed by atoms with van der Waals surface area (Å²) in [5.74, 6) is -0.444. The van der Waals surface area contributed by atoms with Crippen LogP contribution < -0.4 is 30.1 Å². The molecule has 738 valence electrons. The molecule has 40 heteroatoms. The van der Waals surface area contributed by atoms with Crippen LogP contribution in [0.2, 0.25) is 0 Å². The smallest absolute Gasteiger partial charge is 0.328 e. The Morgan fingerprint density at radius 3 is 1.11 bits per heavy atom. The van der Waals surface area contributed by atoms with Crippen molar-refractivity contribution in [1.82, 2.24) is 84.2 Å². The van der Waals surface area contributed by atoms with Gasteiger partial charge in [0.25, 0.3) is 17.5 Å². The molecule has 38 nitrogen and oxygen atoms in total. The van der Waals surface area contributed by atoms with Crippen molar-refractivity contribution < 1.29 is 76.7 Å². The maximum Gasteiger partial charge on any atom is 0.328 e. The molecule has 3 amide bonds. The molecule has 2 aliphatic heterocycles. The Labute approximate surface area is 833 Å². The van der Waals surface area contributed by atoms with Crippen LogP contribution in [0.4, 0.5) is 11.6 Å². The zero-order valence-electron chi connectivity index (χ0n) is 82.8. The molecule has 12 heterocycles. The molecule has 142 heavy (non-hydrogen) atoms. The minimum Gasteiger partial charge on any atom is -0.711 e. The van der Waals surface area contributed by atoms with Crippen LogP contribution in [0.15, 0.2) is 132 Å². The molecule has 0 spiro atoms. The first kappa shape index (κ1) is 103. The minimum absolute atomic E-state index is 0.0251. The number of carbonyl (C=O) groups is 10. The molecular weight excluding hydrogens is 1950 g/mol. The van der Waals surface area contributed by atoms with E-state index in [0.29, 0.717) is 143 Å². The summed E-state index contributed by atoms with van der Waals surface area (Å²) < 4.78 is 20.1. The van der Waals surface area contributed by atoms with E-state index in [1.54, 1.807) is 111 Å². The van der Waals surface area contributed by atoms with Gasteiger partial charge in [-0.15, -0.1) is 0 Å². The Morgan fingerprint density at radius 1 is 0.437 bits per heavy atom. The summed E-state index contributed by atoms with van der Waals surface area (Å²) in [5, 5.41) is 74.1. The molecule has 4 aromatic carbocycles. The van der Waals surface area contributed by atoms with Crippen LogP contribution in [0.1, 0.15) is 207 Å². The highest BCUT2D eigenvalue weighted by molar-refractivity contribution is 9.10. The quantitative estimate of drug-likeness (QED) is 0.0181. The lowest BCUT2D eigenvalue weighted by molar-refractivity contribution is -0.615. The Hall–Kier alpha value is -14.8. The second kappa shape index (κ2) is 40.4. The summed E-state index contributed by atoms with van der Waals surface area (Å²) >= 11 is 6.67. The van der Waals surface area contributed by atoms with Crippen LogP contribution in [-0.4, -0.2) is 178 Å². The number of aromatic nitrogens is 18. The number of ketones is 4. The number of carbonyl (C=O) groups excluding carboxylic acids is 9. The highest BCUT2D eigenvalue weighted by atomic mass is 79.9. The maximum atomic E-state index is 13.9. The number of aryl methyl sites for hydroxylation is 10. The minimum atomic E-state index is -1.04. The number of benzene rings is 4. The monoisotopic (exact) mass is 2060 g/mol. The maximum absolute atomic E-state index is 13.9. The highest BCUT2D eigenvalue weighted by Gasteiger charge is 2.64. The molecule has 0 bridgehead atoms. The van der Waals surface area contributed by atoms with Crippen LogP contribution in [0, 0.1) is 95.7 Å². The van der Waals surface area contributed by atoms with Crippen molar-refractivity contribution in [3.8, 4) is 44.5 Å². The number of carboxylic acids is 1. The van der Waals surface area contributed by atoms with Crippen molar-refractivity contribution in [2.75, 3.05) is 10.6 Å². The zero-order chi connectivity index (χ0) is 103. The number of rotatable bonds is 20. The standard InChI is InChI=1S/C30H30BrN7O4.C21H24N4O4.C21H24N4O3.C17H16N4O4.C13H16BrN3O/c1-15-6-7-24(31)33-28(15)34-29(41)22-10-30(5)11-23(30)38(22)25(40)14-36-27-16(2)8-19(9-21(27)26(35-36)17(3)39)20-12-32-18(4)37(42)13-20;1-12-7-15(16-9-22-14(3)25(28)10-16)8-17-19(13(2)26)23-24(20(12)17)11-18(27)29-21(4,5)6;1-12-7-15(16-9-22-14(3)23-10-16)8-17-19(13(2)26)24-25(20(12)17)11-18(27)28-21(4,5)6;1-9-4-12(13-6-18-11(3)21(25)7-13)5-14-16(10(2)22)19-20(17(9)14)8-15(23)24;1-7-3-4-10(14)16-11(7)17-12(18)8-5-13(2)6-9(13)15-8/h6-9,12-13,22-23H,10-11,14H2,1-5H3,(H,33,34,41);7-10H,11H2,1-6H3;7-10H,11H2,1-6H3;4-7H,8H2,1-3H3,(H,23,24);3-4,8-9,15H,5-6H2,1-2H3,(H,16,17,18)/t22-,23+,30-;;;;8-,9+,13-/m0...0/s1. The summed E-state index contributed by atoms with van der Waals surface area (Å²) in [6, 6.07) is 22.0. The van der Waals surface area contributed by atoms with Gasteiger partial charge in [0, 0.05) is 100 Å². The van der Waals surface area contributed by atoms with E-state index in [-0.39, 0.29) is 102 Å². The number of pyridine rings is 2. The third-order valence-electron chi connectivity index (χ3n) is 25.0. The van der Waals surface area contributed by atoms with E-state index in [0.717, 1.165) is 73.0 Å². The number of aliphatic carboxylic acids is 1. The number of fused-ring (bicyclic) bond motifs is 6. The van der Waals surface area contributed by atoms with Crippen molar-refractivity contribution >= 4 is 146 Å². The van der Waals surface area contributed by atoms with Crippen molar-refractivity contribution in [2.24, 2.45) is 10.8 Å². The van der Waals surface area contributed by atoms with Gasteiger partial charge in [-0.05, 0) is 275 Å². The Balaban J connectivity index is 0.000000145. The number of halogens is 2. The Bertz CT molecular complexity index is 7520. The molecule has 14 aromatic rings. The first-order chi connectivity index (χ1) is 66.6. The molecule has 4 N–H and O–H groups in total. The first-order valence-corrected chi connectivity index (χ1v) is 47.4. The summed E-state index contributed by atoms with van der Waals surface area (Å²) in [6.45, 7) is 38.2. The van der Waals surface area contributed by atoms with E-state index in [2.05, 4.69) is 117 Å². The number of nitrogens with zero attached hydrogens (tertiary/aromatic N) is 19. The zero-order valence-corrected chi connectivity index (χ0v) is 86.0. The second-order valence-corrected chi connectivity index (χ2v) is 40.7. The second-order valence-electron chi connectivity index (χ2n) is 39.0. The lowest BCUT2D eigenvalue weighted by atomic mass is 10.0. The van der Waals surface area contributed by atoms with E-state index in [9.17, 15) is 63.6 Å². The van der Waals surface area contributed by atoms with Gasteiger partial charge in [-0.2, -0.15) is 20.4 Å². The van der Waals surface area contributed by atoms with E-state index in [1.165, 1.54) is 62.1 Å². The summed E-state index contributed by atoms with van der Waals surface area (Å²) in [7, 11) is 0. The van der Waals surface area contributed by atoms with Crippen molar-refractivity contribution in [3.63, 3.8) is 0 Å².